The van der Waals surface area contributed by atoms with Crippen LogP contribution < -0.4 is 0 Å². The molecular formula is C14H14O2. The van der Waals surface area contributed by atoms with Gasteiger partial charge in [0.15, 0.2) is 0 Å². The van der Waals surface area contributed by atoms with E-state index in [9.17, 15) is 10.2 Å². The zero-order valence-electron chi connectivity index (χ0n) is 9.36. The number of aromatic hydroxyl groups is 2. The van der Waals surface area contributed by atoms with Crippen molar-refractivity contribution < 1.29 is 10.2 Å². The van der Waals surface area contributed by atoms with E-state index in [1.807, 2.05) is 26.0 Å². The zero-order valence-corrected chi connectivity index (χ0v) is 9.36. The Morgan fingerprint density at radius 1 is 0.625 bits per heavy atom. The highest BCUT2D eigenvalue weighted by Gasteiger charge is 2.03. The van der Waals surface area contributed by atoms with Crippen molar-refractivity contribution in [2.24, 2.45) is 0 Å². The van der Waals surface area contributed by atoms with E-state index >= 15 is 0 Å². The van der Waals surface area contributed by atoms with Gasteiger partial charge < -0.3 is 10.2 Å². The Hall–Kier alpha value is -1.96. The number of phenols is 2. The van der Waals surface area contributed by atoms with E-state index < -0.39 is 0 Å². The van der Waals surface area contributed by atoms with Gasteiger partial charge in [0, 0.05) is 0 Å². The van der Waals surface area contributed by atoms with E-state index in [1.165, 1.54) is 0 Å². The number of phenolic OH excluding ortho intramolecular Hbond substituents is 2. The molecule has 2 heteroatoms. The maximum Gasteiger partial charge on any atom is 0.116 e. The molecule has 0 spiro atoms. The Labute approximate surface area is 94.8 Å². The van der Waals surface area contributed by atoms with Gasteiger partial charge >= 0.3 is 0 Å². The molecule has 2 nitrogen and oxygen atoms in total. The maximum atomic E-state index is 9.53. The van der Waals surface area contributed by atoms with Gasteiger partial charge in [-0.3, -0.25) is 0 Å². The molecule has 0 saturated heterocycles. The first-order valence-corrected chi connectivity index (χ1v) is 5.16. The van der Waals surface area contributed by atoms with E-state index in [4.69, 9.17) is 0 Å². The number of hydrogen-bond donors (Lipinski definition) is 2. The van der Waals surface area contributed by atoms with E-state index in [2.05, 4.69) is 0 Å². The second-order valence-electron chi connectivity index (χ2n) is 4.11. The summed E-state index contributed by atoms with van der Waals surface area (Å²) in [4.78, 5) is 0. The van der Waals surface area contributed by atoms with Crippen LogP contribution in [-0.4, -0.2) is 10.2 Å². The minimum atomic E-state index is 0.246. The van der Waals surface area contributed by atoms with Crippen LogP contribution in [0.4, 0.5) is 0 Å². The molecule has 0 aliphatic carbocycles. The van der Waals surface area contributed by atoms with Crippen molar-refractivity contribution in [1.82, 2.24) is 0 Å². The van der Waals surface area contributed by atoms with Crippen molar-refractivity contribution in [3.05, 3.63) is 47.5 Å². The van der Waals surface area contributed by atoms with Crippen molar-refractivity contribution in [3.63, 3.8) is 0 Å². The molecule has 2 aromatic carbocycles. The Morgan fingerprint density at radius 2 is 1.00 bits per heavy atom. The predicted molar refractivity (Wildman–Crippen MR) is 64.7 cm³/mol. The van der Waals surface area contributed by atoms with Gasteiger partial charge in [-0.1, -0.05) is 12.1 Å². The Kier molecular flexibility index (Phi) is 2.57. The molecule has 0 saturated carbocycles. The second-order valence-corrected chi connectivity index (χ2v) is 4.11. The van der Waals surface area contributed by atoms with Gasteiger partial charge in [-0.15, -0.1) is 0 Å². The van der Waals surface area contributed by atoms with Gasteiger partial charge in [-0.25, -0.2) is 0 Å². The molecule has 0 radical (unpaired) electrons. The third kappa shape index (κ3) is 2.16. The van der Waals surface area contributed by atoms with Crippen LogP contribution in [0.2, 0.25) is 0 Å². The highest BCUT2D eigenvalue weighted by molar-refractivity contribution is 5.68. The summed E-state index contributed by atoms with van der Waals surface area (Å²) in [5.74, 6) is 0.493. The minimum absolute atomic E-state index is 0.246. The molecular weight excluding hydrogens is 200 g/mol. The van der Waals surface area contributed by atoms with E-state index in [-0.39, 0.29) is 11.5 Å². The van der Waals surface area contributed by atoms with Crippen LogP contribution >= 0.6 is 0 Å². The maximum absolute atomic E-state index is 9.53. The summed E-state index contributed by atoms with van der Waals surface area (Å²) in [6.45, 7) is 3.86. The molecule has 0 aliphatic rings. The largest absolute Gasteiger partial charge is 0.508 e. The fourth-order valence-corrected chi connectivity index (χ4v) is 1.86. The molecule has 0 aromatic heterocycles. The lowest BCUT2D eigenvalue weighted by Gasteiger charge is -2.06. The average Bonchev–Trinajstić information content (AvgIpc) is 2.14. The summed E-state index contributed by atoms with van der Waals surface area (Å²) in [6.07, 6.45) is 0. The molecule has 16 heavy (non-hydrogen) atoms. The highest BCUT2D eigenvalue weighted by atomic mass is 16.3. The predicted octanol–water partition coefficient (Wildman–Crippen LogP) is 3.38. The van der Waals surface area contributed by atoms with Crippen molar-refractivity contribution >= 4 is 0 Å². The third-order valence-electron chi connectivity index (χ3n) is 2.46. The standard InChI is InChI=1S/C14H14O2/c1-9-3-11(7-13(15)5-9)12-4-10(2)6-14(16)8-12/h3-8,15-16H,1-2H3. The summed E-state index contributed by atoms with van der Waals surface area (Å²) in [7, 11) is 0. The molecule has 0 aliphatic heterocycles. The molecule has 0 amide bonds. The van der Waals surface area contributed by atoms with Gasteiger partial charge in [-0.05, 0) is 60.4 Å². The van der Waals surface area contributed by atoms with Crippen LogP contribution in [0.15, 0.2) is 36.4 Å². The fourth-order valence-electron chi connectivity index (χ4n) is 1.86. The van der Waals surface area contributed by atoms with Gasteiger partial charge in [0.05, 0.1) is 0 Å². The Morgan fingerprint density at radius 3 is 1.31 bits per heavy atom. The van der Waals surface area contributed by atoms with Gasteiger partial charge in [0.25, 0.3) is 0 Å². The lowest BCUT2D eigenvalue weighted by molar-refractivity contribution is 0.473. The van der Waals surface area contributed by atoms with Crippen molar-refractivity contribution in [2.45, 2.75) is 13.8 Å². The van der Waals surface area contributed by atoms with Gasteiger partial charge in [0.1, 0.15) is 11.5 Å². The molecule has 82 valence electrons. The first kappa shape index (κ1) is 10.6. The van der Waals surface area contributed by atoms with E-state index in [0.29, 0.717) is 0 Å². The molecule has 0 bridgehead atoms. The number of aryl methyl sites for hydroxylation is 2. The van der Waals surface area contributed by atoms with Crippen LogP contribution in [0, 0.1) is 13.8 Å². The quantitative estimate of drug-likeness (QED) is 0.764. The van der Waals surface area contributed by atoms with E-state index in [0.717, 1.165) is 22.3 Å². The van der Waals surface area contributed by atoms with Crippen molar-refractivity contribution in [1.29, 1.82) is 0 Å². The third-order valence-corrected chi connectivity index (χ3v) is 2.46. The van der Waals surface area contributed by atoms with Crippen LogP contribution in [0.5, 0.6) is 11.5 Å². The van der Waals surface area contributed by atoms with Crippen molar-refractivity contribution in [3.8, 4) is 22.6 Å². The van der Waals surface area contributed by atoms with Crippen LogP contribution in [0.1, 0.15) is 11.1 Å². The topological polar surface area (TPSA) is 40.5 Å². The summed E-state index contributed by atoms with van der Waals surface area (Å²) >= 11 is 0. The number of benzene rings is 2. The molecule has 0 heterocycles. The normalized spacial score (nSPS) is 10.4. The van der Waals surface area contributed by atoms with Crippen LogP contribution in [-0.2, 0) is 0 Å². The molecule has 0 fully saturated rings. The molecule has 0 unspecified atom stereocenters. The summed E-state index contributed by atoms with van der Waals surface area (Å²) in [5.41, 5.74) is 3.82. The molecule has 2 rings (SSSR count). The summed E-state index contributed by atoms with van der Waals surface area (Å²) in [6, 6.07) is 10.8. The second kappa shape index (κ2) is 3.89. The molecule has 2 N–H and O–H groups in total. The monoisotopic (exact) mass is 214 g/mol. The summed E-state index contributed by atoms with van der Waals surface area (Å²) in [5, 5.41) is 19.1. The number of rotatable bonds is 1. The van der Waals surface area contributed by atoms with Crippen LogP contribution in [0.25, 0.3) is 11.1 Å². The first-order valence-electron chi connectivity index (χ1n) is 5.16. The number of hydrogen-bond acceptors (Lipinski definition) is 2. The highest BCUT2D eigenvalue weighted by Crippen LogP contribution is 2.28. The lowest BCUT2D eigenvalue weighted by atomic mass is 10.0. The SMILES string of the molecule is Cc1cc(O)cc(-c2cc(C)cc(O)c2)c1. The van der Waals surface area contributed by atoms with Crippen LogP contribution in [0.3, 0.4) is 0 Å². The Balaban J connectivity index is 2.57. The average molecular weight is 214 g/mol. The van der Waals surface area contributed by atoms with Gasteiger partial charge in [-0.2, -0.15) is 0 Å². The zero-order chi connectivity index (χ0) is 11.7. The molecule has 0 atom stereocenters. The Bertz CT molecular complexity index is 440. The van der Waals surface area contributed by atoms with Crippen molar-refractivity contribution in [2.75, 3.05) is 0 Å². The fraction of sp³-hybridized carbons (Fsp3) is 0.143. The lowest BCUT2D eigenvalue weighted by Crippen LogP contribution is -1.82. The molecule has 2 aromatic rings. The van der Waals surface area contributed by atoms with Gasteiger partial charge in [0.2, 0.25) is 0 Å². The first-order chi connectivity index (χ1) is 7.54. The smallest absolute Gasteiger partial charge is 0.116 e. The minimum Gasteiger partial charge on any atom is -0.508 e. The van der Waals surface area contributed by atoms with E-state index in [1.54, 1.807) is 24.3 Å². The summed E-state index contributed by atoms with van der Waals surface area (Å²) < 4.78 is 0.